The van der Waals surface area contributed by atoms with Crippen molar-refractivity contribution in [1.29, 1.82) is 0 Å². The third-order valence-corrected chi connectivity index (χ3v) is 9.56. The van der Waals surface area contributed by atoms with E-state index in [1.54, 1.807) is 23.3 Å². The summed E-state index contributed by atoms with van der Waals surface area (Å²) in [6.45, 7) is 5.79. The Morgan fingerprint density at radius 1 is 1.19 bits per heavy atom. The molecule has 11 heteroatoms. The number of benzene rings is 1. The second kappa shape index (κ2) is 10.1. The third kappa shape index (κ3) is 4.74. The van der Waals surface area contributed by atoms with Gasteiger partial charge < -0.3 is 20.1 Å². The van der Waals surface area contributed by atoms with Crippen molar-refractivity contribution in [3.63, 3.8) is 0 Å². The lowest BCUT2D eigenvalue weighted by atomic mass is 9.73. The number of nitrogens with zero attached hydrogens (tertiary/aromatic N) is 5. The molecule has 196 valence electrons. The van der Waals surface area contributed by atoms with E-state index in [4.69, 9.17) is 26.8 Å². The molecule has 0 bridgehead atoms. The topological polar surface area (TPSA) is 108 Å². The summed E-state index contributed by atoms with van der Waals surface area (Å²) in [6, 6.07) is 3.78. The summed E-state index contributed by atoms with van der Waals surface area (Å²) in [5.41, 5.74) is 6.95. The number of halogens is 1. The minimum absolute atomic E-state index is 0.0410. The Labute approximate surface area is 224 Å². The lowest BCUT2D eigenvalue weighted by Gasteiger charge is -2.41. The molecule has 0 radical (unpaired) electrons. The third-order valence-electron chi connectivity index (χ3n) is 8.08. The number of piperidine rings is 1. The average molecular weight is 543 g/mol. The molecular formula is C26H31ClN6O3S. The fraction of sp³-hybridized carbons (Fsp3) is 0.538. The van der Waals surface area contributed by atoms with Gasteiger partial charge in [-0.2, -0.15) is 0 Å². The van der Waals surface area contributed by atoms with E-state index in [-0.39, 0.29) is 29.2 Å². The summed E-state index contributed by atoms with van der Waals surface area (Å²) in [5, 5.41) is 1.52. The molecule has 1 unspecified atom stereocenters. The highest BCUT2D eigenvalue weighted by atomic mass is 35.5. The van der Waals surface area contributed by atoms with Gasteiger partial charge in [0, 0.05) is 36.0 Å². The van der Waals surface area contributed by atoms with Crippen LogP contribution in [0, 0.1) is 5.41 Å². The fourth-order valence-electron chi connectivity index (χ4n) is 5.69. The second-order valence-corrected chi connectivity index (χ2v) is 11.8. The number of fused-ring (bicyclic) bond motifs is 1. The van der Waals surface area contributed by atoms with Gasteiger partial charge in [-0.3, -0.25) is 9.36 Å². The van der Waals surface area contributed by atoms with Crippen molar-refractivity contribution in [2.75, 3.05) is 31.2 Å². The lowest BCUT2D eigenvalue weighted by molar-refractivity contribution is 0.0960. The van der Waals surface area contributed by atoms with Crippen LogP contribution in [0.3, 0.4) is 0 Å². The Bertz CT molecular complexity index is 1340. The minimum Gasteiger partial charge on any atom is -0.376 e. The van der Waals surface area contributed by atoms with Gasteiger partial charge in [-0.05, 0) is 44.7 Å². The largest absolute Gasteiger partial charge is 0.376 e. The minimum atomic E-state index is -0.154. The predicted molar refractivity (Wildman–Crippen MR) is 143 cm³/mol. The molecule has 0 amide bonds. The smallest absolute Gasteiger partial charge is 0.262 e. The summed E-state index contributed by atoms with van der Waals surface area (Å²) in [5.74, 6) is 0.852. The van der Waals surface area contributed by atoms with E-state index < -0.39 is 0 Å². The maximum atomic E-state index is 13.2. The summed E-state index contributed by atoms with van der Waals surface area (Å²) in [4.78, 5) is 30.0. The lowest BCUT2D eigenvalue weighted by Crippen LogP contribution is -2.50. The molecule has 0 saturated carbocycles. The molecule has 1 spiro atoms. The molecule has 5 heterocycles. The van der Waals surface area contributed by atoms with Crippen LogP contribution in [0.25, 0.3) is 10.9 Å². The molecule has 3 aromatic rings. The van der Waals surface area contributed by atoms with Crippen LogP contribution < -0.4 is 16.2 Å². The highest BCUT2D eigenvalue weighted by molar-refractivity contribution is 7.99. The molecule has 2 aromatic heterocycles. The van der Waals surface area contributed by atoms with Crippen LogP contribution in [0.1, 0.15) is 32.6 Å². The Balaban J connectivity index is 1.16. The number of aromatic nitrogens is 4. The van der Waals surface area contributed by atoms with Crippen LogP contribution >= 0.6 is 23.4 Å². The Kier molecular flexibility index (Phi) is 6.87. The highest BCUT2D eigenvalue weighted by Gasteiger charge is 2.47. The maximum absolute atomic E-state index is 13.2. The van der Waals surface area contributed by atoms with Gasteiger partial charge in [0.05, 0.1) is 60.0 Å². The maximum Gasteiger partial charge on any atom is 0.262 e. The van der Waals surface area contributed by atoms with Gasteiger partial charge in [-0.25, -0.2) is 15.0 Å². The molecule has 2 N–H and O–H groups in total. The molecular weight excluding hydrogens is 512 g/mol. The van der Waals surface area contributed by atoms with Crippen LogP contribution in [0.5, 0.6) is 0 Å². The first-order chi connectivity index (χ1) is 17.9. The van der Waals surface area contributed by atoms with Gasteiger partial charge in [0.2, 0.25) is 0 Å². The SMILES string of the molecule is C[C@@H]1OCC2(CCN(c3cnc(Sc4ccc5ncn(CC6CCCO6)c(=O)c5c4Cl)cn3)CC2)[C@@H]1N. The summed E-state index contributed by atoms with van der Waals surface area (Å²) < 4.78 is 13.1. The highest BCUT2D eigenvalue weighted by Crippen LogP contribution is 2.42. The van der Waals surface area contributed by atoms with Crippen LogP contribution in [-0.4, -0.2) is 64.1 Å². The Morgan fingerprint density at radius 3 is 2.70 bits per heavy atom. The van der Waals surface area contributed by atoms with E-state index >= 15 is 0 Å². The molecule has 0 aliphatic carbocycles. The van der Waals surface area contributed by atoms with Gasteiger partial charge in [0.25, 0.3) is 5.56 Å². The summed E-state index contributed by atoms with van der Waals surface area (Å²) in [7, 11) is 0. The van der Waals surface area contributed by atoms with Gasteiger partial charge in [-0.15, -0.1) is 0 Å². The summed E-state index contributed by atoms with van der Waals surface area (Å²) >= 11 is 8.13. The van der Waals surface area contributed by atoms with E-state index in [2.05, 4.69) is 26.8 Å². The number of hydrogen-bond donors (Lipinski definition) is 1. The molecule has 9 nitrogen and oxygen atoms in total. The quantitative estimate of drug-likeness (QED) is 0.518. The van der Waals surface area contributed by atoms with Gasteiger partial charge in [0.15, 0.2) is 0 Å². The summed E-state index contributed by atoms with van der Waals surface area (Å²) in [6.07, 6.45) is 9.24. The first-order valence-electron chi connectivity index (χ1n) is 12.8. The molecule has 6 rings (SSSR count). The molecule has 3 atom stereocenters. The average Bonchev–Trinajstić information content (AvgIpc) is 3.53. The molecule has 1 aromatic carbocycles. The number of nitrogens with two attached hydrogens (primary N) is 1. The predicted octanol–water partition coefficient (Wildman–Crippen LogP) is 3.50. The monoisotopic (exact) mass is 542 g/mol. The molecule has 37 heavy (non-hydrogen) atoms. The van der Waals surface area contributed by atoms with Crippen LogP contribution in [0.4, 0.5) is 5.82 Å². The van der Waals surface area contributed by atoms with E-state index in [0.29, 0.717) is 27.5 Å². The van der Waals surface area contributed by atoms with Crippen molar-refractivity contribution in [2.24, 2.45) is 11.1 Å². The Hall–Kier alpha value is -2.24. The number of rotatable bonds is 5. The second-order valence-electron chi connectivity index (χ2n) is 10.3. The van der Waals surface area contributed by atoms with Gasteiger partial charge in [-0.1, -0.05) is 23.4 Å². The van der Waals surface area contributed by atoms with E-state index in [0.717, 1.165) is 62.7 Å². The normalized spacial score (nSPS) is 25.4. The van der Waals surface area contributed by atoms with E-state index in [9.17, 15) is 4.79 Å². The fourth-order valence-corrected chi connectivity index (χ4v) is 6.81. The van der Waals surface area contributed by atoms with Gasteiger partial charge in [0.1, 0.15) is 10.8 Å². The van der Waals surface area contributed by atoms with E-state index in [1.165, 1.54) is 11.8 Å². The zero-order valence-corrected chi connectivity index (χ0v) is 22.4. The molecule has 3 aliphatic heterocycles. The molecule has 3 saturated heterocycles. The Morgan fingerprint density at radius 2 is 2.03 bits per heavy atom. The van der Waals surface area contributed by atoms with Crippen molar-refractivity contribution < 1.29 is 9.47 Å². The van der Waals surface area contributed by atoms with Crippen LogP contribution in [-0.2, 0) is 16.0 Å². The molecule has 3 aliphatic rings. The zero-order chi connectivity index (χ0) is 25.6. The van der Waals surface area contributed by atoms with Crippen molar-refractivity contribution in [1.82, 2.24) is 19.5 Å². The van der Waals surface area contributed by atoms with E-state index in [1.807, 2.05) is 12.1 Å². The van der Waals surface area contributed by atoms with Crippen LogP contribution in [0.2, 0.25) is 5.02 Å². The number of ether oxygens (including phenoxy) is 2. The first-order valence-corrected chi connectivity index (χ1v) is 14.0. The number of hydrogen-bond acceptors (Lipinski definition) is 9. The number of anilines is 1. The van der Waals surface area contributed by atoms with Crippen molar-refractivity contribution in [3.8, 4) is 0 Å². The van der Waals surface area contributed by atoms with Crippen molar-refractivity contribution in [2.45, 2.75) is 67.3 Å². The zero-order valence-electron chi connectivity index (χ0n) is 20.8. The molecule has 3 fully saturated rings. The standard InChI is InChI=1S/C26H31ClN6O3S/c1-16-24(28)26(14-36-16)6-8-32(9-7-26)20-11-30-21(12-29-20)37-19-5-4-18-22(23(19)27)25(34)33(15-31-18)13-17-3-2-10-35-17/h4-5,11-12,15-17,24H,2-3,6-10,13-14,28H2,1H3/t16-,17?,24+/m0/s1. The first kappa shape index (κ1) is 25.1. The van der Waals surface area contributed by atoms with Gasteiger partial charge >= 0.3 is 0 Å². The van der Waals surface area contributed by atoms with Crippen LogP contribution in [0.15, 0.2) is 45.6 Å². The van der Waals surface area contributed by atoms with Crippen molar-refractivity contribution >= 4 is 40.1 Å². The van der Waals surface area contributed by atoms with Crippen molar-refractivity contribution in [3.05, 3.63) is 46.2 Å².